The van der Waals surface area contributed by atoms with E-state index < -0.39 is 22.3 Å². The van der Waals surface area contributed by atoms with Crippen LogP contribution in [0.2, 0.25) is 5.02 Å². The maximum Gasteiger partial charge on any atom is 0.314 e. The highest BCUT2D eigenvalue weighted by atomic mass is 35.5. The Morgan fingerprint density at radius 2 is 2.14 bits per heavy atom. The van der Waals surface area contributed by atoms with Crippen molar-refractivity contribution in [3.05, 3.63) is 44.3 Å². The second-order valence-electron chi connectivity index (χ2n) is 4.23. The van der Waals surface area contributed by atoms with Crippen LogP contribution in [0.4, 0.5) is 11.4 Å². The van der Waals surface area contributed by atoms with Crippen LogP contribution >= 0.6 is 11.6 Å². The number of nitro groups is 1. The molecule has 0 radical (unpaired) electrons. The summed E-state index contributed by atoms with van der Waals surface area (Å²) in [6.07, 6.45) is 0. The number of hydrogen-bond donors (Lipinski definition) is 2. The van der Waals surface area contributed by atoms with Crippen LogP contribution in [0, 0.1) is 24.0 Å². The van der Waals surface area contributed by atoms with Crippen molar-refractivity contribution in [2.24, 2.45) is 0 Å². The summed E-state index contributed by atoms with van der Waals surface area (Å²) < 4.78 is 4.86. The third kappa shape index (κ3) is 2.79. The van der Waals surface area contributed by atoms with E-state index in [1.54, 1.807) is 13.8 Å². The molecule has 1 aromatic carbocycles. The summed E-state index contributed by atoms with van der Waals surface area (Å²) in [5.74, 6) is -0.997. The van der Waals surface area contributed by atoms with Gasteiger partial charge in [0.1, 0.15) is 11.3 Å². The van der Waals surface area contributed by atoms with E-state index in [0.717, 1.165) is 6.07 Å². The fourth-order valence-corrected chi connectivity index (χ4v) is 2.02. The van der Waals surface area contributed by atoms with Gasteiger partial charge in [0, 0.05) is 11.1 Å². The molecule has 0 saturated heterocycles. The maximum atomic E-state index is 12.1. The lowest BCUT2D eigenvalue weighted by atomic mass is 10.2. The predicted molar refractivity (Wildman–Crippen MR) is 73.7 cm³/mol. The van der Waals surface area contributed by atoms with Crippen molar-refractivity contribution in [2.75, 3.05) is 5.32 Å². The lowest BCUT2D eigenvalue weighted by Crippen LogP contribution is -2.14. The van der Waals surface area contributed by atoms with Crippen molar-refractivity contribution in [3.8, 4) is 5.75 Å². The molecule has 0 fully saturated rings. The Balaban J connectivity index is 2.40. The van der Waals surface area contributed by atoms with Crippen molar-refractivity contribution in [3.63, 3.8) is 0 Å². The third-order valence-corrected chi connectivity index (χ3v) is 2.98. The molecule has 0 saturated carbocycles. The van der Waals surface area contributed by atoms with E-state index in [2.05, 4.69) is 10.5 Å². The molecule has 0 aliphatic rings. The van der Waals surface area contributed by atoms with Gasteiger partial charge in [0.15, 0.2) is 0 Å². The number of carbonyl (C=O) groups is 1. The highest BCUT2D eigenvalue weighted by Gasteiger charge is 2.23. The first-order chi connectivity index (χ1) is 9.81. The van der Waals surface area contributed by atoms with Crippen molar-refractivity contribution >= 4 is 28.9 Å². The van der Waals surface area contributed by atoms with Gasteiger partial charge < -0.3 is 14.9 Å². The van der Waals surface area contributed by atoms with Gasteiger partial charge in [-0.1, -0.05) is 16.8 Å². The number of phenolic OH excluding ortho intramolecular Hbond substituents is 1. The molecule has 0 unspecified atom stereocenters. The molecule has 1 aromatic heterocycles. The average molecular weight is 312 g/mol. The zero-order valence-corrected chi connectivity index (χ0v) is 11.8. The minimum Gasteiger partial charge on any atom is -0.501 e. The molecule has 2 rings (SSSR count). The quantitative estimate of drug-likeness (QED) is 0.511. The molecule has 8 nitrogen and oxygen atoms in total. The first-order valence-corrected chi connectivity index (χ1v) is 6.10. The minimum absolute atomic E-state index is 0.00793. The van der Waals surface area contributed by atoms with Gasteiger partial charge in [-0.05, 0) is 19.9 Å². The first kappa shape index (κ1) is 14.8. The minimum atomic E-state index is -0.799. The summed E-state index contributed by atoms with van der Waals surface area (Å²) >= 11 is 5.74. The molecular formula is C12H10ClN3O5. The van der Waals surface area contributed by atoms with Gasteiger partial charge >= 0.3 is 5.69 Å². The Kier molecular flexibility index (Phi) is 3.81. The van der Waals surface area contributed by atoms with Crippen molar-refractivity contribution in [1.82, 2.24) is 5.16 Å². The highest BCUT2D eigenvalue weighted by molar-refractivity contribution is 6.31. The molecule has 1 heterocycles. The number of nitro benzene ring substituents is 1. The normalized spacial score (nSPS) is 10.4. The van der Waals surface area contributed by atoms with Crippen LogP contribution in [-0.2, 0) is 0 Å². The molecule has 0 bridgehead atoms. The fourth-order valence-electron chi connectivity index (χ4n) is 1.81. The van der Waals surface area contributed by atoms with Crippen LogP contribution in [0.1, 0.15) is 21.8 Å². The Bertz CT molecular complexity index is 721. The predicted octanol–water partition coefficient (Wildman–Crippen LogP) is 2.81. The molecule has 110 valence electrons. The monoisotopic (exact) mass is 311 g/mol. The van der Waals surface area contributed by atoms with E-state index in [1.807, 2.05) is 0 Å². The van der Waals surface area contributed by atoms with Crippen molar-refractivity contribution in [2.45, 2.75) is 13.8 Å². The van der Waals surface area contributed by atoms with Crippen LogP contribution in [0.5, 0.6) is 5.75 Å². The molecule has 0 spiro atoms. The van der Waals surface area contributed by atoms with E-state index in [9.17, 15) is 20.0 Å². The number of amides is 1. The Labute approximate surface area is 123 Å². The summed E-state index contributed by atoms with van der Waals surface area (Å²) in [6, 6.07) is 2.20. The number of aryl methyl sites for hydroxylation is 2. The number of phenols is 1. The Morgan fingerprint density at radius 3 is 2.67 bits per heavy atom. The number of aromatic nitrogens is 1. The number of aromatic hydroxyl groups is 1. The number of nitrogens with one attached hydrogen (secondary N) is 1. The van der Waals surface area contributed by atoms with E-state index in [1.165, 1.54) is 6.07 Å². The van der Waals surface area contributed by atoms with Crippen LogP contribution < -0.4 is 5.32 Å². The molecular weight excluding hydrogens is 302 g/mol. The summed E-state index contributed by atoms with van der Waals surface area (Å²) in [4.78, 5) is 22.1. The summed E-state index contributed by atoms with van der Waals surface area (Å²) in [6.45, 7) is 3.13. The molecule has 21 heavy (non-hydrogen) atoms. The van der Waals surface area contributed by atoms with E-state index >= 15 is 0 Å². The van der Waals surface area contributed by atoms with Crippen LogP contribution in [-0.4, -0.2) is 21.1 Å². The van der Waals surface area contributed by atoms with Gasteiger partial charge in [-0.2, -0.15) is 0 Å². The lowest BCUT2D eigenvalue weighted by Gasteiger charge is -2.08. The molecule has 0 aliphatic carbocycles. The van der Waals surface area contributed by atoms with Crippen LogP contribution in [0.15, 0.2) is 16.7 Å². The fraction of sp³-hybridized carbons (Fsp3) is 0.167. The largest absolute Gasteiger partial charge is 0.501 e. The molecule has 2 aromatic rings. The zero-order valence-electron chi connectivity index (χ0n) is 11.0. The van der Waals surface area contributed by atoms with Gasteiger partial charge in [0.05, 0.1) is 16.3 Å². The number of rotatable bonds is 3. The van der Waals surface area contributed by atoms with Crippen LogP contribution in [0.25, 0.3) is 0 Å². The Morgan fingerprint density at radius 1 is 1.48 bits per heavy atom. The van der Waals surface area contributed by atoms with Gasteiger partial charge in [-0.25, -0.2) is 0 Å². The number of hydrogen-bond acceptors (Lipinski definition) is 6. The first-order valence-electron chi connectivity index (χ1n) is 5.72. The smallest absolute Gasteiger partial charge is 0.314 e. The van der Waals surface area contributed by atoms with Gasteiger partial charge in [0.25, 0.3) is 5.91 Å². The second-order valence-corrected chi connectivity index (χ2v) is 4.67. The zero-order chi connectivity index (χ0) is 15.7. The second kappa shape index (κ2) is 5.41. The Hall–Kier alpha value is -2.61. The van der Waals surface area contributed by atoms with Crippen molar-refractivity contribution in [1.29, 1.82) is 0 Å². The van der Waals surface area contributed by atoms with Gasteiger partial charge in [0.2, 0.25) is 5.75 Å². The topological polar surface area (TPSA) is 119 Å². The summed E-state index contributed by atoms with van der Waals surface area (Å²) in [5, 5.41) is 26.6. The van der Waals surface area contributed by atoms with Crippen molar-refractivity contribution < 1.29 is 19.3 Å². The number of anilines is 1. The van der Waals surface area contributed by atoms with E-state index in [4.69, 9.17) is 16.1 Å². The molecule has 0 atom stereocenters. The van der Waals surface area contributed by atoms with Gasteiger partial charge in [-0.3, -0.25) is 14.9 Å². The average Bonchev–Trinajstić information content (AvgIpc) is 2.72. The van der Waals surface area contributed by atoms with Gasteiger partial charge in [-0.15, -0.1) is 0 Å². The SMILES string of the molecule is Cc1noc(C)c1C(=O)Nc1cc(Cl)cc([N+](=O)[O-])c1O. The summed E-state index contributed by atoms with van der Waals surface area (Å²) in [7, 11) is 0. The lowest BCUT2D eigenvalue weighted by molar-refractivity contribution is -0.385. The van der Waals surface area contributed by atoms with E-state index in [-0.39, 0.29) is 16.3 Å². The third-order valence-electron chi connectivity index (χ3n) is 2.76. The number of halogens is 1. The van der Waals surface area contributed by atoms with E-state index in [0.29, 0.717) is 11.5 Å². The highest BCUT2D eigenvalue weighted by Crippen LogP contribution is 2.37. The standard InChI is InChI=1S/C12H10ClN3O5/c1-5-10(6(2)21-15-5)12(18)14-8-3-7(13)4-9(11(8)17)16(19)20/h3-4,17H,1-2H3,(H,14,18). The number of nitrogens with zero attached hydrogens (tertiary/aromatic N) is 2. The summed E-state index contributed by atoms with van der Waals surface area (Å²) in [5.41, 5.74) is -0.214. The number of carbonyl (C=O) groups excluding carboxylic acids is 1. The van der Waals surface area contributed by atoms with Crippen LogP contribution in [0.3, 0.4) is 0 Å². The molecule has 1 amide bonds. The molecule has 2 N–H and O–H groups in total. The maximum absolute atomic E-state index is 12.1. The molecule has 0 aliphatic heterocycles. The molecule has 9 heteroatoms. The number of benzene rings is 1.